The van der Waals surface area contributed by atoms with Crippen LogP contribution in [0.15, 0.2) is 48.5 Å². The summed E-state index contributed by atoms with van der Waals surface area (Å²) in [4.78, 5) is 120. The van der Waals surface area contributed by atoms with Crippen LogP contribution in [0.5, 0.6) is 11.5 Å². The molecule has 72 heavy (non-hydrogen) atoms. The Morgan fingerprint density at radius 3 is 1.33 bits per heavy atom. The van der Waals surface area contributed by atoms with Crippen LogP contribution in [0.4, 0.5) is 0 Å². The maximum atomic E-state index is 14.2. The van der Waals surface area contributed by atoms with Gasteiger partial charge in [0.25, 0.3) is 0 Å². The van der Waals surface area contributed by atoms with Crippen molar-refractivity contribution >= 4 is 53.2 Å². The fraction of sp³-hybridized carbons (Fsp3) is 0.571. The number of benzene rings is 2. The second-order valence-corrected chi connectivity index (χ2v) is 18.3. The van der Waals surface area contributed by atoms with E-state index >= 15 is 0 Å². The van der Waals surface area contributed by atoms with E-state index in [1.165, 1.54) is 36.4 Å². The molecular weight excluding hydrogens is 937 g/mol. The normalized spacial score (nSPS) is 15.3. The number of phenols is 2. The van der Waals surface area contributed by atoms with Crippen LogP contribution in [0.25, 0.3) is 0 Å². The number of unbranched alkanes of at least 4 members (excludes halogenated alkanes) is 1. The fourth-order valence-electron chi connectivity index (χ4n) is 7.09. The molecule has 0 fully saturated rings. The summed E-state index contributed by atoms with van der Waals surface area (Å²) in [7, 11) is 0. The molecule has 2 rings (SSSR count). The molecule has 16 N–H and O–H groups in total. The Morgan fingerprint density at radius 1 is 0.528 bits per heavy atom. The van der Waals surface area contributed by atoms with Crippen LogP contribution >= 0.6 is 0 Å². The van der Waals surface area contributed by atoms with Gasteiger partial charge in [-0.3, -0.25) is 38.4 Å². The van der Waals surface area contributed by atoms with E-state index in [1.807, 2.05) is 6.92 Å². The number of carbonyl (C=O) groups excluding carboxylic acids is 8. The van der Waals surface area contributed by atoms with Crippen molar-refractivity contribution in [2.75, 3.05) is 19.6 Å². The van der Waals surface area contributed by atoms with E-state index in [9.17, 15) is 63.6 Å². The van der Waals surface area contributed by atoms with Crippen molar-refractivity contribution in [1.29, 1.82) is 0 Å². The quantitative estimate of drug-likeness (QED) is 0.0390. The molecule has 2 aromatic rings. The number of aliphatic hydroxyl groups excluding tert-OH is 1. The zero-order valence-corrected chi connectivity index (χ0v) is 42.2. The monoisotopic (exact) mass is 1010 g/mol. The molecule has 0 aliphatic heterocycles. The molecule has 0 heterocycles. The van der Waals surface area contributed by atoms with E-state index in [0.717, 1.165) is 6.92 Å². The van der Waals surface area contributed by atoms with Crippen molar-refractivity contribution in [2.45, 2.75) is 142 Å². The summed E-state index contributed by atoms with van der Waals surface area (Å²) in [5, 5.41) is 59.1. The number of carboxylic acid groups (broad SMARTS) is 1. The number of phenolic OH excluding ortho intramolecular Hbond substituents is 2. The molecule has 0 bridgehead atoms. The van der Waals surface area contributed by atoms with E-state index in [2.05, 4.69) is 42.5 Å². The molecule has 0 aromatic heterocycles. The zero-order valence-electron chi connectivity index (χ0n) is 42.2. The van der Waals surface area contributed by atoms with Gasteiger partial charge in [-0.15, -0.1) is 0 Å². The minimum Gasteiger partial charge on any atom is -0.508 e. The summed E-state index contributed by atoms with van der Waals surface area (Å²) in [6, 6.07) is 2.81. The van der Waals surface area contributed by atoms with Crippen molar-refractivity contribution < 1.29 is 63.6 Å². The van der Waals surface area contributed by atoms with Gasteiger partial charge in [0.05, 0.1) is 25.2 Å². The third-order valence-electron chi connectivity index (χ3n) is 12.1. The summed E-state index contributed by atoms with van der Waals surface area (Å²) >= 11 is 0. The van der Waals surface area contributed by atoms with Gasteiger partial charge in [-0.05, 0) is 85.9 Å². The first-order valence-electron chi connectivity index (χ1n) is 24.2. The number of aliphatic hydroxyl groups is 1. The Hall–Kier alpha value is -6.85. The highest BCUT2D eigenvalue weighted by Gasteiger charge is 2.35. The molecule has 8 amide bonds. The number of nitrogens with one attached hydrogen (secondary N) is 8. The first kappa shape index (κ1) is 61.3. The molecule has 2 aromatic carbocycles. The van der Waals surface area contributed by atoms with Gasteiger partial charge in [0.15, 0.2) is 6.04 Å². The van der Waals surface area contributed by atoms with E-state index in [0.29, 0.717) is 36.8 Å². The molecule has 0 saturated carbocycles. The Kier molecular flexibility index (Phi) is 26.2. The molecule has 23 heteroatoms. The van der Waals surface area contributed by atoms with Gasteiger partial charge < -0.3 is 74.4 Å². The molecule has 400 valence electrons. The summed E-state index contributed by atoms with van der Waals surface area (Å²) in [6.45, 7) is 10.6. The molecule has 0 unspecified atom stereocenters. The third-order valence-corrected chi connectivity index (χ3v) is 12.1. The summed E-state index contributed by atoms with van der Waals surface area (Å²) in [6.07, 6.45) is 0.0616. The number of aromatic hydroxyl groups is 2. The molecule has 10 atom stereocenters. The summed E-state index contributed by atoms with van der Waals surface area (Å²) < 4.78 is 0. The topological polar surface area (TPSA) is 383 Å². The van der Waals surface area contributed by atoms with Gasteiger partial charge in [0.1, 0.15) is 41.7 Å². The molecule has 0 spiro atoms. The van der Waals surface area contributed by atoms with E-state index in [1.54, 1.807) is 46.8 Å². The lowest BCUT2D eigenvalue weighted by molar-refractivity contribution is -0.144. The number of carbonyl (C=O) groups is 9. The number of carboxylic acids is 1. The number of amides is 8. The molecule has 0 saturated heterocycles. The van der Waals surface area contributed by atoms with Crippen LogP contribution in [-0.2, 0) is 56.0 Å². The van der Waals surface area contributed by atoms with Crippen molar-refractivity contribution in [3.63, 3.8) is 0 Å². The van der Waals surface area contributed by atoms with Crippen molar-refractivity contribution in [2.24, 2.45) is 29.2 Å². The number of hydrogen-bond acceptors (Lipinski definition) is 14. The second kappa shape index (κ2) is 30.8. The van der Waals surface area contributed by atoms with Crippen LogP contribution in [-0.4, -0.2) is 142 Å². The van der Waals surface area contributed by atoms with Gasteiger partial charge in [0.2, 0.25) is 47.3 Å². The van der Waals surface area contributed by atoms with Crippen LogP contribution in [0.2, 0.25) is 0 Å². The standard InChI is InChI=1S/C49H76N10O13/c1-8-27(5)40(47(69)55-35(22-30-13-17-32(61)18-14-30)44(66)53-25-38(64)58-42(29(7)60)49(71)72)57-37(63)24-52-43(65)34(12-10-11-21-50)54-45(67)36(23-31-15-19-33(62)20-16-31)56-48(70)41(28(6)9-2)59-46(68)39(51)26(3)4/h13-20,26-29,34-36,39-42,60-62H,8-12,21-25,50-51H2,1-7H3,(H,52,65)(H,53,66)(H,54,67)(H,55,69)(H,56,70)(H,57,63)(H,58,64)(H,59,68)(H,71,72)/t27-,28-,29+,34-,35-,36-,39-,40-,41-,42-/m0/s1. The third kappa shape index (κ3) is 20.9. The fourth-order valence-corrected chi connectivity index (χ4v) is 7.09. The van der Waals surface area contributed by atoms with Crippen LogP contribution in [0.1, 0.15) is 91.7 Å². The van der Waals surface area contributed by atoms with Crippen molar-refractivity contribution in [1.82, 2.24) is 42.5 Å². The van der Waals surface area contributed by atoms with Crippen molar-refractivity contribution in [3.8, 4) is 11.5 Å². The van der Waals surface area contributed by atoms with Crippen molar-refractivity contribution in [3.05, 3.63) is 59.7 Å². The van der Waals surface area contributed by atoms with Crippen LogP contribution in [0, 0.1) is 17.8 Å². The first-order chi connectivity index (χ1) is 33.9. The summed E-state index contributed by atoms with van der Waals surface area (Å²) in [5.41, 5.74) is 12.8. The minimum atomic E-state index is -1.66. The lowest BCUT2D eigenvalue weighted by atomic mass is 9.95. The Morgan fingerprint density at radius 2 is 0.931 bits per heavy atom. The Labute approximate surface area is 420 Å². The maximum absolute atomic E-state index is 14.2. The molecule has 0 radical (unpaired) electrons. The van der Waals surface area contributed by atoms with Crippen LogP contribution < -0.4 is 54.0 Å². The van der Waals surface area contributed by atoms with Gasteiger partial charge in [0, 0.05) is 12.8 Å². The largest absolute Gasteiger partial charge is 0.508 e. The Balaban J connectivity index is 2.33. The lowest BCUT2D eigenvalue weighted by Gasteiger charge is -2.29. The second-order valence-electron chi connectivity index (χ2n) is 18.3. The van der Waals surface area contributed by atoms with Gasteiger partial charge in [-0.1, -0.05) is 78.6 Å². The number of rotatable bonds is 31. The smallest absolute Gasteiger partial charge is 0.328 e. The maximum Gasteiger partial charge on any atom is 0.328 e. The molecule has 0 aliphatic carbocycles. The highest BCUT2D eigenvalue weighted by Crippen LogP contribution is 2.16. The molecule has 23 nitrogen and oxygen atoms in total. The SMILES string of the molecule is CC[C@H](C)[C@H](NC(=O)CNC(=O)[C@H](CCCCN)NC(=O)[C@H](Cc1ccc(O)cc1)NC(=O)[C@@H](NC(=O)[C@@H](N)C(C)C)[C@@H](C)CC)C(=O)N[C@@H](Cc1ccc(O)cc1)C(=O)NCC(=O)N[C@H](C(=O)O)[C@@H](C)O. The number of nitrogens with two attached hydrogens (primary N) is 2. The van der Waals surface area contributed by atoms with E-state index in [-0.39, 0.29) is 49.1 Å². The zero-order chi connectivity index (χ0) is 54.2. The summed E-state index contributed by atoms with van der Waals surface area (Å²) in [5.74, 6) is -8.96. The predicted molar refractivity (Wildman–Crippen MR) is 265 cm³/mol. The van der Waals surface area contributed by atoms with E-state index in [4.69, 9.17) is 11.5 Å². The molecular formula is C49H76N10O13. The highest BCUT2D eigenvalue weighted by atomic mass is 16.4. The predicted octanol–water partition coefficient (Wildman–Crippen LogP) is -1.31. The Bertz CT molecular complexity index is 2120. The van der Waals surface area contributed by atoms with Gasteiger partial charge in [-0.25, -0.2) is 4.79 Å². The highest BCUT2D eigenvalue weighted by molar-refractivity contribution is 5.97. The van der Waals surface area contributed by atoms with Gasteiger partial charge in [-0.2, -0.15) is 0 Å². The minimum absolute atomic E-state index is 0.0350. The number of aliphatic carboxylic acids is 1. The van der Waals surface area contributed by atoms with E-state index < -0.39 is 121 Å². The number of hydrogen-bond donors (Lipinski definition) is 14. The molecule has 0 aliphatic rings. The first-order valence-corrected chi connectivity index (χ1v) is 24.2. The average molecular weight is 1010 g/mol. The van der Waals surface area contributed by atoms with Crippen LogP contribution in [0.3, 0.4) is 0 Å². The van der Waals surface area contributed by atoms with Gasteiger partial charge >= 0.3 is 5.97 Å². The average Bonchev–Trinajstić information content (AvgIpc) is 3.34. The lowest BCUT2D eigenvalue weighted by Crippen LogP contribution is -2.60.